The minimum atomic E-state index is -0.188. The van der Waals surface area contributed by atoms with Crippen LogP contribution in [0, 0.1) is 0 Å². The summed E-state index contributed by atoms with van der Waals surface area (Å²) in [6.07, 6.45) is 0.182. The number of anilines is 2. The van der Waals surface area contributed by atoms with E-state index in [2.05, 4.69) is 16.0 Å². The van der Waals surface area contributed by atoms with Gasteiger partial charge >= 0.3 is 0 Å². The standard InChI is InChI=1S/C21H20ClN3O2S/c22-18-12-17(6-7-19(18)24-13-15-4-2-1-3-5-15)25-20(26)8-10-23-21(27)16-9-11-28-14-16/h1-7,9,11-12,14,24H,8,10,13H2,(H,23,27)(H,25,26). The molecule has 144 valence electrons. The van der Waals surface area contributed by atoms with Crippen molar-refractivity contribution in [1.29, 1.82) is 0 Å². The fraction of sp³-hybridized carbons (Fsp3) is 0.143. The van der Waals surface area contributed by atoms with Gasteiger partial charge in [-0.3, -0.25) is 9.59 Å². The third-order valence-corrected chi connectivity index (χ3v) is 5.00. The molecule has 0 saturated heterocycles. The van der Waals surface area contributed by atoms with Crippen LogP contribution in [0.1, 0.15) is 22.3 Å². The molecule has 0 fully saturated rings. The highest BCUT2D eigenvalue weighted by molar-refractivity contribution is 7.08. The van der Waals surface area contributed by atoms with E-state index in [9.17, 15) is 9.59 Å². The maximum Gasteiger partial charge on any atom is 0.252 e. The first-order valence-electron chi connectivity index (χ1n) is 8.79. The van der Waals surface area contributed by atoms with E-state index in [1.807, 2.05) is 41.8 Å². The Hall–Kier alpha value is -2.83. The molecule has 1 heterocycles. The van der Waals surface area contributed by atoms with E-state index < -0.39 is 0 Å². The summed E-state index contributed by atoms with van der Waals surface area (Å²) in [5, 5.41) is 12.9. The Labute approximate surface area is 172 Å². The molecule has 0 aliphatic heterocycles. The highest BCUT2D eigenvalue weighted by Gasteiger charge is 2.08. The number of carbonyl (C=O) groups excluding carboxylic acids is 2. The van der Waals surface area contributed by atoms with Gasteiger partial charge in [-0.15, -0.1) is 0 Å². The average Bonchev–Trinajstić information content (AvgIpc) is 3.23. The summed E-state index contributed by atoms with van der Waals surface area (Å²) in [6.45, 7) is 0.932. The number of hydrogen-bond donors (Lipinski definition) is 3. The van der Waals surface area contributed by atoms with E-state index in [-0.39, 0.29) is 24.8 Å². The van der Waals surface area contributed by atoms with Crippen molar-refractivity contribution in [2.24, 2.45) is 0 Å². The zero-order valence-electron chi connectivity index (χ0n) is 15.1. The molecule has 5 nitrogen and oxygen atoms in total. The zero-order valence-corrected chi connectivity index (χ0v) is 16.6. The monoisotopic (exact) mass is 413 g/mol. The second kappa shape index (κ2) is 9.92. The first kappa shape index (κ1) is 19.9. The summed E-state index contributed by atoms with van der Waals surface area (Å²) in [6, 6.07) is 17.1. The smallest absolute Gasteiger partial charge is 0.252 e. The van der Waals surface area contributed by atoms with Crippen LogP contribution in [-0.2, 0) is 11.3 Å². The minimum Gasteiger partial charge on any atom is -0.380 e. The average molecular weight is 414 g/mol. The highest BCUT2D eigenvalue weighted by atomic mass is 35.5. The van der Waals surface area contributed by atoms with Gasteiger partial charge < -0.3 is 16.0 Å². The molecule has 0 saturated carbocycles. The molecule has 0 aliphatic carbocycles. The van der Waals surface area contributed by atoms with Crippen LogP contribution in [0.25, 0.3) is 0 Å². The van der Waals surface area contributed by atoms with Crippen LogP contribution in [0.2, 0.25) is 5.02 Å². The lowest BCUT2D eigenvalue weighted by Gasteiger charge is -2.11. The van der Waals surface area contributed by atoms with E-state index in [0.717, 1.165) is 11.3 Å². The Balaban J connectivity index is 1.45. The Bertz CT molecular complexity index is 930. The number of hydrogen-bond acceptors (Lipinski definition) is 4. The van der Waals surface area contributed by atoms with Crippen molar-refractivity contribution in [3.63, 3.8) is 0 Å². The van der Waals surface area contributed by atoms with Gasteiger partial charge in [0.25, 0.3) is 5.91 Å². The molecule has 0 aliphatic rings. The summed E-state index contributed by atoms with van der Waals surface area (Å²) in [7, 11) is 0. The van der Waals surface area contributed by atoms with Crippen molar-refractivity contribution < 1.29 is 9.59 Å². The lowest BCUT2D eigenvalue weighted by Crippen LogP contribution is -2.27. The number of benzene rings is 2. The fourth-order valence-corrected chi connectivity index (χ4v) is 3.42. The molecule has 0 atom stereocenters. The van der Waals surface area contributed by atoms with Gasteiger partial charge in [0.1, 0.15) is 0 Å². The number of carbonyl (C=O) groups is 2. The molecule has 28 heavy (non-hydrogen) atoms. The van der Waals surface area contributed by atoms with Crippen LogP contribution >= 0.6 is 22.9 Å². The Morgan fingerprint density at radius 2 is 1.86 bits per heavy atom. The maximum absolute atomic E-state index is 12.1. The Kier molecular flexibility index (Phi) is 7.06. The molecule has 0 spiro atoms. The van der Waals surface area contributed by atoms with Crippen LogP contribution in [0.15, 0.2) is 65.4 Å². The molecule has 3 aromatic rings. The summed E-state index contributed by atoms with van der Waals surface area (Å²) in [5.41, 5.74) is 3.17. The van der Waals surface area contributed by atoms with Gasteiger partial charge in [-0.1, -0.05) is 41.9 Å². The van der Waals surface area contributed by atoms with Crippen molar-refractivity contribution >= 4 is 46.1 Å². The lowest BCUT2D eigenvalue weighted by molar-refractivity contribution is -0.116. The quantitative estimate of drug-likeness (QED) is 0.498. The molecule has 2 aromatic carbocycles. The Morgan fingerprint density at radius 1 is 1.04 bits per heavy atom. The van der Waals surface area contributed by atoms with Crippen molar-refractivity contribution in [2.75, 3.05) is 17.2 Å². The first-order chi connectivity index (χ1) is 13.6. The second-order valence-corrected chi connectivity index (χ2v) is 7.29. The fourth-order valence-electron chi connectivity index (χ4n) is 2.54. The third-order valence-electron chi connectivity index (χ3n) is 4.00. The number of amides is 2. The van der Waals surface area contributed by atoms with Gasteiger partial charge in [-0.2, -0.15) is 11.3 Å². The SMILES string of the molecule is O=C(CCNC(=O)c1ccsc1)Nc1ccc(NCc2ccccc2)c(Cl)c1. The lowest BCUT2D eigenvalue weighted by atomic mass is 10.2. The van der Waals surface area contributed by atoms with Gasteiger partial charge in [0, 0.05) is 36.1 Å². The molecule has 0 radical (unpaired) electrons. The van der Waals surface area contributed by atoms with E-state index >= 15 is 0 Å². The highest BCUT2D eigenvalue weighted by Crippen LogP contribution is 2.26. The van der Waals surface area contributed by atoms with Crippen molar-refractivity contribution in [1.82, 2.24) is 5.32 Å². The Morgan fingerprint density at radius 3 is 2.57 bits per heavy atom. The first-order valence-corrected chi connectivity index (χ1v) is 10.1. The van der Waals surface area contributed by atoms with Gasteiger partial charge in [0.15, 0.2) is 0 Å². The van der Waals surface area contributed by atoms with Crippen LogP contribution in [-0.4, -0.2) is 18.4 Å². The number of nitrogens with one attached hydrogen (secondary N) is 3. The van der Waals surface area contributed by atoms with Gasteiger partial charge in [0.05, 0.1) is 10.7 Å². The second-order valence-electron chi connectivity index (χ2n) is 6.10. The topological polar surface area (TPSA) is 70.2 Å². The van der Waals surface area contributed by atoms with Crippen LogP contribution < -0.4 is 16.0 Å². The molecule has 1 aromatic heterocycles. The predicted octanol–water partition coefficient (Wildman–Crippen LogP) is 4.77. The molecule has 7 heteroatoms. The summed E-state index contributed by atoms with van der Waals surface area (Å²) >= 11 is 7.77. The van der Waals surface area contributed by atoms with Crippen LogP contribution in [0.5, 0.6) is 0 Å². The summed E-state index contributed by atoms with van der Waals surface area (Å²) < 4.78 is 0. The summed E-state index contributed by atoms with van der Waals surface area (Å²) in [5.74, 6) is -0.363. The molecular formula is C21H20ClN3O2S. The largest absolute Gasteiger partial charge is 0.380 e. The van der Waals surface area contributed by atoms with Gasteiger partial charge in [0.2, 0.25) is 5.91 Å². The van der Waals surface area contributed by atoms with Crippen LogP contribution in [0.4, 0.5) is 11.4 Å². The van der Waals surface area contributed by atoms with E-state index in [1.165, 1.54) is 11.3 Å². The number of rotatable bonds is 8. The van der Waals surface area contributed by atoms with Crippen LogP contribution in [0.3, 0.4) is 0 Å². The number of thiophene rings is 1. The molecule has 3 N–H and O–H groups in total. The van der Waals surface area contributed by atoms with Crippen molar-refractivity contribution in [2.45, 2.75) is 13.0 Å². The van der Waals surface area contributed by atoms with E-state index in [4.69, 9.17) is 11.6 Å². The number of halogens is 1. The van der Waals surface area contributed by atoms with E-state index in [1.54, 1.807) is 23.6 Å². The van der Waals surface area contributed by atoms with Gasteiger partial charge in [-0.25, -0.2) is 0 Å². The summed E-state index contributed by atoms with van der Waals surface area (Å²) in [4.78, 5) is 23.9. The normalized spacial score (nSPS) is 10.3. The minimum absolute atomic E-state index is 0.175. The predicted molar refractivity (Wildman–Crippen MR) is 115 cm³/mol. The maximum atomic E-state index is 12.1. The molecular weight excluding hydrogens is 394 g/mol. The van der Waals surface area contributed by atoms with E-state index in [0.29, 0.717) is 22.8 Å². The van der Waals surface area contributed by atoms with Crippen molar-refractivity contribution in [3.8, 4) is 0 Å². The molecule has 0 bridgehead atoms. The zero-order chi connectivity index (χ0) is 19.8. The molecule has 0 unspecified atom stereocenters. The molecule has 2 amide bonds. The third kappa shape index (κ3) is 5.84. The molecule has 3 rings (SSSR count). The van der Waals surface area contributed by atoms with Gasteiger partial charge in [-0.05, 0) is 35.2 Å². The van der Waals surface area contributed by atoms with Crippen molar-refractivity contribution in [3.05, 3.63) is 81.5 Å².